The molecule has 1 aliphatic rings. The Morgan fingerprint density at radius 2 is 2.17 bits per heavy atom. The molecule has 1 aliphatic heterocycles. The zero-order valence-corrected chi connectivity index (χ0v) is 8.77. The van der Waals surface area contributed by atoms with Crippen LogP contribution in [-0.2, 0) is 0 Å². The van der Waals surface area contributed by atoms with Crippen LogP contribution in [0.15, 0.2) is 12.2 Å². The number of hydrogen-bond acceptors (Lipinski definition) is 1. The average Bonchev–Trinajstić information content (AvgIpc) is 2.32. The Labute approximate surface area is 80.4 Å². The second kappa shape index (κ2) is 4.29. The Kier molecular flexibility index (Phi) is 3.60. The number of rotatable bonds is 3. The zero-order chi connectivity index (χ0) is 9.03. The van der Waals surface area contributed by atoms with Crippen LogP contribution >= 0.6 is 11.6 Å². The van der Waals surface area contributed by atoms with E-state index >= 15 is 0 Å². The standard InChI is InChI=1S/C10H18ClN/c1-10(2)6-5-9-12(10)8-4-3-7-11/h3-4H,5-9H2,1-2H3. The van der Waals surface area contributed by atoms with Gasteiger partial charge in [-0.05, 0) is 33.2 Å². The van der Waals surface area contributed by atoms with Gasteiger partial charge in [0.2, 0.25) is 0 Å². The van der Waals surface area contributed by atoms with E-state index < -0.39 is 0 Å². The van der Waals surface area contributed by atoms with E-state index in [1.807, 2.05) is 6.08 Å². The number of allylic oxidation sites excluding steroid dienone is 1. The van der Waals surface area contributed by atoms with Crippen LogP contribution in [0.1, 0.15) is 26.7 Å². The summed E-state index contributed by atoms with van der Waals surface area (Å²) in [5.41, 5.74) is 0.399. The van der Waals surface area contributed by atoms with Gasteiger partial charge in [0, 0.05) is 18.0 Å². The molecule has 1 fully saturated rings. The van der Waals surface area contributed by atoms with E-state index in [1.165, 1.54) is 19.4 Å². The highest BCUT2D eigenvalue weighted by Gasteiger charge is 2.30. The van der Waals surface area contributed by atoms with Gasteiger partial charge in [-0.15, -0.1) is 11.6 Å². The fourth-order valence-corrected chi connectivity index (χ4v) is 1.89. The highest BCUT2D eigenvalue weighted by molar-refractivity contribution is 6.18. The summed E-state index contributed by atoms with van der Waals surface area (Å²) in [6.07, 6.45) is 6.85. The van der Waals surface area contributed by atoms with Crippen LogP contribution in [0.3, 0.4) is 0 Å². The van der Waals surface area contributed by atoms with E-state index in [4.69, 9.17) is 11.6 Å². The summed E-state index contributed by atoms with van der Waals surface area (Å²) in [6.45, 7) is 6.92. The van der Waals surface area contributed by atoms with Crippen LogP contribution in [0.5, 0.6) is 0 Å². The van der Waals surface area contributed by atoms with Crippen molar-refractivity contribution in [2.24, 2.45) is 0 Å². The first kappa shape index (κ1) is 10.1. The van der Waals surface area contributed by atoms with Crippen molar-refractivity contribution >= 4 is 11.6 Å². The molecule has 1 heterocycles. The maximum Gasteiger partial charge on any atom is 0.0404 e. The molecule has 0 unspecified atom stereocenters. The highest BCUT2D eigenvalue weighted by Crippen LogP contribution is 2.27. The summed E-state index contributed by atoms with van der Waals surface area (Å²) in [7, 11) is 0. The third kappa shape index (κ3) is 2.49. The molecule has 12 heavy (non-hydrogen) atoms. The van der Waals surface area contributed by atoms with Gasteiger partial charge >= 0.3 is 0 Å². The largest absolute Gasteiger partial charge is 0.295 e. The van der Waals surface area contributed by atoms with E-state index in [0.29, 0.717) is 11.4 Å². The third-order valence-corrected chi connectivity index (χ3v) is 2.83. The van der Waals surface area contributed by atoms with Gasteiger partial charge in [0.15, 0.2) is 0 Å². The molecule has 0 radical (unpaired) electrons. The van der Waals surface area contributed by atoms with E-state index in [-0.39, 0.29) is 0 Å². The van der Waals surface area contributed by atoms with Gasteiger partial charge in [-0.25, -0.2) is 0 Å². The predicted molar refractivity (Wildman–Crippen MR) is 54.7 cm³/mol. The Bertz CT molecular complexity index is 163. The van der Waals surface area contributed by atoms with Gasteiger partial charge in [0.25, 0.3) is 0 Å². The second-order valence-corrected chi connectivity index (χ2v) is 4.30. The first-order chi connectivity index (χ1) is 5.67. The minimum absolute atomic E-state index is 0.399. The van der Waals surface area contributed by atoms with Crippen LogP contribution in [0.2, 0.25) is 0 Å². The van der Waals surface area contributed by atoms with Crippen molar-refractivity contribution in [2.45, 2.75) is 32.2 Å². The maximum absolute atomic E-state index is 5.55. The second-order valence-electron chi connectivity index (χ2n) is 3.99. The summed E-state index contributed by atoms with van der Waals surface area (Å²) in [6, 6.07) is 0. The van der Waals surface area contributed by atoms with E-state index in [9.17, 15) is 0 Å². The first-order valence-corrected chi connectivity index (χ1v) is 5.16. The number of halogens is 1. The summed E-state index contributed by atoms with van der Waals surface area (Å²) in [5, 5.41) is 0. The monoisotopic (exact) mass is 187 g/mol. The van der Waals surface area contributed by atoms with Crippen molar-refractivity contribution < 1.29 is 0 Å². The lowest BCUT2D eigenvalue weighted by atomic mass is 10.0. The highest BCUT2D eigenvalue weighted by atomic mass is 35.5. The van der Waals surface area contributed by atoms with Gasteiger partial charge in [0.05, 0.1) is 0 Å². The van der Waals surface area contributed by atoms with Crippen LogP contribution in [0.25, 0.3) is 0 Å². The molecular formula is C10H18ClN. The van der Waals surface area contributed by atoms with Crippen molar-refractivity contribution in [3.05, 3.63) is 12.2 Å². The first-order valence-electron chi connectivity index (χ1n) is 4.63. The van der Waals surface area contributed by atoms with Crippen LogP contribution in [0.4, 0.5) is 0 Å². The minimum Gasteiger partial charge on any atom is -0.295 e. The molecule has 0 bridgehead atoms. The molecule has 0 aromatic carbocycles. The summed E-state index contributed by atoms with van der Waals surface area (Å²) in [4.78, 5) is 2.51. The van der Waals surface area contributed by atoms with Crippen LogP contribution in [-0.4, -0.2) is 29.4 Å². The molecule has 0 atom stereocenters. The Balaban J connectivity index is 2.36. The lowest BCUT2D eigenvalue weighted by molar-refractivity contribution is 0.195. The third-order valence-electron chi connectivity index (χ3n) is 2.65. The summed E-state index contributed by atoms with van der Waals surface area (Å²) < 4.78 is 0. The van der Waals surface area contributed by atoms with E-state index in [0.717, 1.165) is 6.54 Å². The van der Waals surface area contributed by atoms with Crippen molar-refractivity contribution in [2.75, 3.05) is 19.0 Å². The van der Waals surface area contributed by atoms with Gasteiger partial charge in [-0.2, -0.15) is 0 Å². The van der Waals surface area contributed by atoms with Crippen molar-refractivity contribution in [1.82, 2.24) is 4.90 Å². The predicted octanol–water partition coefficient (Wildman–Crippen LogP) is 2.66. The fraction of sp³-hybridized carbons (Fsp3) is 0.800. The van der Waals surface area contributed by atoms with Gasteiger partial charge in [-0.1, -0.05) is 12.2 Å². The molecule has 0 spiro atoms. The minimum atomic E-state index is 0.399. The lowest BCUT2D eigenvalue weighted by Crippen LogP contribution is -2.38. The molecule has 0 amide bonds. The van der Waals surface area contributed by atoms with E-state index in [1.54, 1.807) is 0 Å². The quantitative estimate of drug-likeness (QED) is 0.485. The van der Waals surface area contributed by atoms with E-state index in [2.05, 4.69) is 24.8 Å². The summed E-state index contributed by atoms with van der Waals surface area (Å²) >= 11 is 5.55. The van der Waals surface area contributed by atoms with Crippen LogP contribution in [0, 0.1) is 0 Å². The number of hydrogen-bond donors (Lipinski definition) is 0. The van der Waals surface area contributed by atoms with Crippen molar-refractivity contribution in [3.8, 4) is 0 Å². The molecule has 0 saturated carbocycles. The Morgan fingerprint density at radius 1 is 1.42 bits per heavy atom. The van der Waals surface area contributed by atoms with Gasteiger partial charge < -0.3 is 0 Å². The topological polar surface area (TPSA) is 3.24 Å². The van der Waals surface area contributed by atoms with Gasteiger partial charge in [0.1, 0.15) is 0 Å². The molecule has 2 heteroatoms. The maximum atomic E-state index is 5.55. The molecule has 0 aromatic rings. The van der Waals surface area contributed by atoms with Crippen molar-refractivity contribution in [1.29, 1.82) is 0 Å². The molecule has 70 valence electrons. The van der Waals surface area contributed by atoms with Gasteiger partial charge in [-0.3, -0.25) is 4.90 Å². The SMILES string of the molecule is CC1(C)CCCN1CC=CCCl. The molecule has 1 nitrogen and oxygen atoms in total. The summed E-state index contributed by atoms with van der Waals surface area (Å²) in [5.74, 6) is 0.633. The number of nitrogens with zero attached hydrogens (tertiary/aromatic N) is 1. The van der Waals surface area contributed by atoms with Crippen LogP contribution < -0.4 is 0 Å². The fourth-order valence-electron chi connectivity index (χ4n) is 1.77. The lowest BCUT2D eigenvalue weighted by Gasteiger charge is -2.30. The molecular weight excluding hydrogens is 170 g/mol. The average molecular weight is 188 g/mol. The smallest absolute Gasteiger partial charge is 0.0404 e. The molecule has 0 aliphatic carbocycles. The molecule has 1 rings (SSSR count). The molecule has 0 N–H and O–H groups in total. The number of alkyl halides is 1. The van der Waals surface area contributed by atoms with Crippen molar-refractivity contribution in [3.63, 3.8) is 0 Å². The molecule has 1 saturated heterocycles. The molecule has 0 aromatic heterocycles. The number of likely N-dealkylation sites (tertiary alicyclic amines) is 1. The Morgan fingerprint density at radius 3 is 2.67 bits per heavy atom. The zero-order valence-electron chi connectivity index (χ0n) is 8.02. The Hall–Kier alpha value is -0.0100. The normalized spacial score (nSPS) is 23.9.